The third-order valence-electron chi connectivity index (χ3n) is 3.55. The molecular weight excluding hydrogens is 328 g/mol. The molecule has 0 fully saturated rings. The number of furan rings is 1. The quantitative estimate of drug-likeness (QED) is 0.429. The number of nitrogens with one attached hydrogen (secondary N) is 1. The number of hydrogen-bond acceptors (Lipinski definition) is 6. The number of nitrogens with zero attached hydrogens (tertiary/aromatic N) is 3. The second-order valence-electron chi connectivity index (χ2n) is 5.11. The highest BCUT2D eigenvalue weighted by Gasteiger charge is 2.23. The predicted molar refractivity (Wildman–Crippen MR) is 92.2 cm³/mol. The summed E-state index contributed by atoms with van der Waals surface area (Å²) in [5.41, 5.74) is 1.48. The van der Waals surface area contributed by atoms with E-state index in [9.17, 15) is 10.1 Å². The zero-order chi connectivity index (χ0) is 17.1. The molecule has 1 aromatic carbocycles. The van der Waals surface area contributed by atoms with E-state index < -0.39 is 4.92 Å². The van der Waals surface area contributed by atoms with Gasteiger partial charge in [-0.1, -0.05) is 42.5 Å². The summed E-state index contributed by atoms with van der Waals surface area (Å²) in [6, 6.07) is 11.3. The largest absolute Gasteiger partial charge is 0.472 e. The Balaban J connectivity index is 2.07. The van der Waals surface area contributed by atoms with Gasteiger partial charge in [0, 0.05) is 13.6 Å². The Labute approximate surface area is 142 Å². The van der Waals surface area contributed by atoms with Gasteiger partial charge in [-0.2, -0.15) is 0 Å². The lowest BCUT2D eigenvalue weighted by molar-refractivity contribution is -0.385. The van der Waals surface area contributed by atoms with Crippen LogP contribution in [0.3, 0.4) is 0 Å². The molecule has 0 spiro atoms. The van der Waals surface area contributed by atoms with E-state index in [1.165, 1.54) is 12.5 Å². The van der Waals surface area contributed by atoms with Crippen molar-refractivity contribution in [2.45, 2.75) is 6.54 Å². The van der Waals surface area contributed by atoms with Crippen molar-refractivity contribution in [2.75, 3.05) is 5.32 Å². The van der Waals surface area contributed by atoms with Gasteiger partial charge in [-0.05, 0) is 11.6 Å². The normalized spacial score (nSPS) is 10.5. The van der Waals surface area contributed by atoms with Crippen LogP contribution in [0.4, 0.5) is 11.5 Å². The van der Waals surface area contributed by atoms with Gasteiger partial charge in [0.05, 0.1) is 16.7 Å². The van der Waals surface area contributed by atoms with Crippen LogP contribution >= 0.6 is 12.2 Å². The van der Waals surface area contributed by atoms with Gasteiger partial charge in [-0.15, -0.1) is 0 Å². The molecule has 8 heteroatoms. The lowest BCUT2D eigenvalue weighted by Crippen LogP contribution is -2.13. The van der Waals surface area contributed by atoms with Crippen molar-refractivity contribution < 1.29 is 9.34 Å². The van der Waals surface area contributed by atoms with Gasteiger partial charge in [0.2, 0.25) is 4.64 Å². The van der Waals surface area contributed by atoms with Crippen LogP contribution < -0.4 is 5.32 Å². The minimum atomic E-state index is -0.512. The van der Waals surface area contributed by atoms with Crippen LogP contribution in [-0.2, 0) is 13.6 Å². The van der Waals surface area contributed by atoms with Gasteiger partial charge in [-0.25, -0.2) is 4.98 Å². The van der Waals surface area contributed by atoms with Crippen LogP contribution in [0.2, 0.25) is 0 Å². The Kier molecular flexibility index (Phi) is 4.39. The molecule has 0 atom stereocenters. The molecule has 0 saturated heterocycles. The minimum Gasteiger partial charge on any atom is -0.472 e. The van der Waals surface area contributed by atoms with Gasteiger partial charge >= 0.3 is 5.69 Å². The fraction of sp³-hybridized carbons (Fsp3) is 0.125. The molecule has 7 nitrogen and oxygen atoms in total. The van der Waals surface area contributed by atoms with Crippen LogP contribution in [0.25, 0.3) is 11.4 Å². The van der Waals surface area contributed by atoms with Crippen LogP contribution in [-0.4, -0.2) is 14.5 Å². The van der Waals surface area contributed by atoms with Gasteiger partial charge in [0.25, 0.3) is 0 Å². The van der Waals surface area contributed by atoms with Crippen molar-refractivity contribution >= 4 is 23.7 Å². The number of nitro groups is 1. The van der Waals surface area contributed by atoms with E-state index in [0.717, 1.165) is 5.56 Å². The van der Waals surface area contributed by atoms with Crippen LogP contribution in [0.15, 0.2) is 53.3 Å². The van der Waals surface area contributed by atoms with Gasteiger partial charge < -0.3 is 14.3 Å². The number of hydrogen-bond donors (Lipinski definition) is 1. The molecule has 2 aromatic heterocycles. The molecule has 0 radical (unpaired) electrons. The lowest BCUT2D eigenvalue weighted by Gasteiger charge is -2.15. The average molecular weight is 342 g/mol. The van der Waals surface area contributed by atoms with Crippen molar-refractivity contribution in [3.05, 3.63) is 69.2 Å². The summed E-state index contributed by atoms with van der Waals surface area (Å²) in [6.45, 7) is 0.430. The zero-order valence-electron chi connectivity index (χ0n) is 12.8. The Morgan fingerprint density at radius 2 is 2.08 bits per heavy atom. The molecule has 0 aliphatic heterocycles. The topological polar surface area (TPSA) is 86.1 Å². The first kappa shape index (κ1) is 15.9. The third-order valence-corrected chi connectivity index (χ3v) is 3.84. The van der Waals surface area contributed by atoms with E-state index in [4.69, 9.17) is 16.6 Å². The van der Waals surface area contributed by atoms with Gasteiger partial charge in [0.1, 0.15) is 12.1 Å². The molecule has 0 amide bonds. The van der Waals surface area contributed by atoms with Gasteiger partial charge in [-0.3, -0.25) is 10.1 Å². The Bertz CT molecular complexity index is 920. The number of anilines is 1. The molecule has 0 bridgehead atoms. The third kappa shape index (κ3) is 3.04. The second-order valence-corrected chi connectivity index (χ2v) is 5.49. The molecule has 2 heterocycles. The molecule has 3 aromatic rings. The van der Waals surface area contributed by atoms with Crippen LogP contribution in [0.5, 0.6) is 0 Å². The van der Waals surface area contributed by atoms with Gasteiger partial charge in [0.15, 0.2) is 5.82 Å². The molecule has 0 saturated carbocycles. The van der Waals surface area contributed by atoms with Crippen molar-refractivity contribution in [3.8, 4) is 11.4 Å². The van der Waals surface area contributed by atoms with Crippen molar-refractivity contribution in [2.24, 2.45) is 7.05 Å². The first-order valence-electron chi connectivity index (χ1n) is 7.13. The summed E-state index contributed by atoms with van der Waals surface area (Å²) in [5, 5.41) is 14.5. The zero-order valence-corrected chi connectivity index (χ0v) is 13.6. The first-order valence-corrected chi connectivity index (χ1v) is 7.54. The van der Waals surface area contributed by atoms with Crippen molar-refractivity contribution in [1.29, 1.82) is 0 Å². The second kappa shape index (κ2) is 6.63. The molecule has 122 valence electrons. The summed E-state index contributed by atoms with van der Waals surface area (Å²) in [6.07, 6.45) is 3.03. The summed E-state index contributed by atoms with van der Waals surface area (Å²) >= 11 is 5.13. The number of rotatable bonds is 5. The predicted octanol–water partition coefficient (Wildman–Crippen LogP) is 3.93. The molecule has 1 N–H and O–H groups in total. The highest BCUT2D eigenvalue weighted by atomic mass is 32.1. The molecular formula is C16H14N4O3S. The van der Waals surface area contributed by atoms with Crippen molar-refractivity contribution in [3.63, 3.8) is 0 Å². The summed E-state index contributed by atoms with van der Waals surface area (Å²) in [4.78, 5) is 15.1. The summed E-state index contributed by atoms with van der Waals surface area (Å²) in [7, 11) is 1.70. The highest BCUT2D eigenvalue weighted by molar-refractivity contribution is 7.71. The molecule has 0 aliphatic rings. The standard InChI is InChI=1S/C16H14N4O3S/c1-19-14(12-7-8-23-10-12)18-16(24)13(20(21)22)15(19)17-9-11-5-3-2-4-6-11/h2-8,10,17H,9H2,1H3. The minimum absolute atomic E-state index is 0.0649. The summed E-state index contributed by atoms with van der Waals surface area (Å²) < 4.78 is 6.62. The molecule has 0 unspecified atom stereocenters. The van der Waals surface area contributed by atoms with Crippen LogP contribution in [0, 0.1) is 14.8 Å². The lowest BCUT2D eigenvalue weighted by atomic mass is 10.2. The van der Waals surface area contributed by atoms with E-state index in [-0.39, 0.29) is 10.3 Å². The highest BCUT2D eigenvalue weighted by Crippen LogP contribution is 2.29. The Morgan fingerprint density at radius 3 is 2.71 bits per heavy atom. The summed E-state index contributed by atoms with van der Waals surface area (Å²) in [5.74, 6) is 0.801. The van der Waals surface area contributed by atoms with Crippen LogP contribution in [0.1, 0.15) is 5.56 Å². The SMILES string of the molecule is Cn1c(-c2ccoc2)nc(=S)c([N+](=O)[O-])c1NCc1ccccc1. The fourth-order valence-corrected chi connectivity index (χ4v) is 2.65. The van der Waals surface area contributed by atoms with Crippen molar-refractivity contribution in [1.82, 2.24) is 9.55 Å². The molecule has 0 aliphatic carbocycles. The monoisotopic (exact) mass is 342 g/mol. The maximum atomic E-state index is 11.4. The van der Waals surface area contributed by atoms with E-state index in [1.54, 1.807) is 17.7 Å². The number of aromatic nitrogens is 2. The van der Waals surface area contributed by atoms with E-state index in [2.05, 4.69) is 10.3 Å². The maximum Gasteiger partial charge on any atom is 0.345 e. The van der Waals surface area contributed by atoms with E-state index >= 15 is 0 Å². The smallest absolute Gasteiger partial charge is 0.345 e. The average Bonchev–Trinajstić information content (AvgIpc) is 3.10. The van der Waals surface area contributed by atoms with E-state index in [1.807, 2.05) is 30.3 Å². The molecule has 24 heavy (non-hydrogen) atoms. The Hall–Kier alpha value is -3.00. The first-order chi connectivity index (χ1) is 11.6. The molecule has 3 rings (SSSR count). The van der Waals surface area contributed by atoms with E-state index in [0.29, 0.717) is 23.8 Å². The fourth-order valence-electron chi connectivity index (χ4n) is 2.39. The Morgan fingerprint density at radius 1 is 1.33 bits per heavy atom. The maximum absolute atomic E-state index is 11.4. The number of benzene rings is 1.